The summed E-state index contributed by atoms with van der Waals surface area (Å²) in [6, 6.07) is 27.0. The second-order valence-electron chi connectivity index (χ2n) is 8.62. The number of fused-ring (bicyclic) bond motifs is 1. The van der Waals surface area contributed by atoms with E-state index in [9.17, 15) is 8.42 Å². The summed E-state index contributed by atoms with van der Waals surface area (Å²) >= 11 is 0. The van der Waals surface area contributed by atoms with Crippen LogP contribution in [0.1, 0.15) is 5.56 Å². The van der Waals surface area contributed by atoms with Crippen molar-refractivity contribution in [3.8, 4) is 34.1 Å². The van der Waals surface area contributed by atoms with Crippen molar-refractivity contribution < 1.29 is 22.6 Å². The van der Waals surface area contributed by atoms with Crippen LogP contribution >= 0.6 is 0 Å². The van der Waals surface area contributed by atoms with Crippen LogP contribution in [-0.2, 0) is 10.0 Å². The van der Waals surface area contributed by atoms with Crippen molar-refractivity contribution in [1.29, 1.82) is 0 Å². The van der Waals surface area contributed by atoms with E-state index in [-0.39, 0.29) is 4.90 Å². The molecule has 1 heterocycles. The number of pyridine rings is 1. The number of methoxy groups -OCH3 is 2. The van der Waals surface area contributed by atoms with E-state index in [0.29, 0.717) is 34.2 Å². The third kappa shape index (κ3) is 5.12. The van der Waals surface area contributed by atoms with E-state index in [2.05, 4.69) is 9.71 Å². The van der Waals surface area contributed by atoms with Crippen molar-refractivity contribution in [2.24, 2.45) is 0 Å². The van der Waals surface area contributed by atoms with Gasteiger partial charge < -0.3 is 14.2 Å². The summed E-state index contributed by atoms with van der Waals surface area (Å²) in [7, 11) is -0.656. The van der Waals surface area contributed by atoms with Crippen molar-refractivity contribution in [2.75, 3.05) is 18.9 Å². The smallest absolute Gasteiger partial charge is 0.261 e. The highest BCUT2D eigenvalue weighted by molar-refractivity contribution is 7.92. The number of anilines is 1. The van der Waals surface area contributed by atoms with Crippen LogP contribution in [0.5, 0.6) is 23.0 Å². The molecule has 8 heteroatoms. The molecule has 0 saturated carbocycles. The number of nitrogens with one attached hydrogen (secondary N) is 1. The Morgan fingerprint density at radius 3 is 2.18 bits per heavy atom. The minimum Gasteiger partial charge on any atom is -0.493 e. The molecule has 7 nitrogen and oxygen atoms in total. The molecule has 0 radical (unpaired) electrons. The quantitative estimate of drug-likeness (QED) is 0.239. The zero-order chi connectivity index (χ0) is 26.7. The van der Waals surface area contributed by atoms with Gasteiger partial charge >= 0.3 is 0 Å². The number of ether oxygens (including phenoxy) is 3. The highest BCUT2D eigenvalue weighted by Gasteiger charge is 2.17. The molecule has 0 amide bonds. The van der Waals surface area contributed by atoms with E-state index in [1.54, 1.807) is 68.9 Å². The van der Waals surface area contributed by atoms with Crippen LogP contribution in [0.3, 0.4) is 0 Å². The number of sulfonamides is 1. The Bertz CT molecular complexity index is 1720. The van der Waals surface area contributed by atoms with Crippen LogP contribution in [0.4, 0.5) is 5.69 Å². The minimum atomic E-state index is -3.80. The van der Waals surface area contributed by atoms with Gasteiger partial charge in [0, 0.05) is 23.3 Å². The SMILES string of the molecule is COc1cc2nccc(Oc3ccc(NS(=O)(=O)c4cccc(-c5ccccc5)c4)cc3C)c2cc1OC. The lowest BCUT2D eigenvalue weighted by Gasteiger charge is -2.15. The van der Waals surface area contributed by atoms with Gasteiger partial charge in [0.25, 0.3) is 10.0 Å². The summed E-state index contributed by atoms with van der Waals surface area (Å²) in [5.41, 5.74) is 3.66. The number of aryl methyl sites for hydroxylation is 1. The fraction of sp³-hybridized carbons (Fsp3) is 0.100. The van der Waals surface area contributed by atoms with Crippen molar-refractivity contribution in [2.45, 2.75) is 11.8 Å². The standard InChI is InChI=1S/C30H26N2O5S/c1-20-16-23(32-38(33,34)24-11-7-10-22(17-24)21-8-5-4-6-9-21)12-13-27(20)37-28-14-15-31-26-19-30(36-3)29(35-2)18-25(26)28/h4-19,32H,1-3H3. The van der Waals surface area contributed by atoms with Gasteiger partial charge in [-0.1, -0.05) is 42.5 Å². The normalized spacial score (nSPS) is 11.2. The lowest BCUT2D eigenvalue weighted by Crippen LogP contribution is -2.13. The first-order chi connectivity index (χ1) is 18.4. The van der Waals surface area contributed by atoms with Crippen molar-refractivity contribution in [3.05, 3.63) is 103 Å². The molecule has 5 rings (SSSR count). The molecular weight excluding hydrogens is 500 g/mol. The zero-order valence-corrected chi connectivity index (χ0v) is 22.0. The Balaban J connectivity index is 1.40. The number of rotatable bonds is 8. The highest BCUT2D eigenvalue weighted by Crippen LogP contribution is 2.38. The Hall–Kier alpha value is -4.56. The van der Waals surface area contributed by atoms with Gasteiger partial charge in [-0.3, -0.25) is 9.71 Å². The van der Waals surface area contributed by atoms with Gasteiger partial charge in [-0.2, -0.15) is 0 Å². The zero-order valence-electron chi connectivity index (χ0n) is 21.1. The first-order valence-electron chi connectivity index (χ1n) is 11.9. The molecule has 192 valence electrons. The summed E-state index contributed by atoms with van der Waals surface area (Å²) in [6.45, 7) is 1.86. The molecule has 0 aliphatic rings. The van der Waals surface area contributed by atoms with E-state index in [0.717, 1.165) is 22.1 Å². The number of nitrogens with zero attached hydrogens (tertiary/aromatic N) is 1. The maximum atomic E-state index is 13.2. The first kappa shape index (κ1) is 25.1. The maximum absolute atomic E-state index is 13.2. The first-order valence-corrected chi connectivity index (χ1v) is 13.3. The predicted molar refractivity (Wildman–Crippen MR) is 149 cm³/mol. The van der Waals surface area contributed by atoms with Crippen molar-refractivity contribution in [1.82, 2.24) is 4.98 Å². The Kier molecular flexibility index (Phi) is 6.89. The van der Waals surface area contributed by atoms with Crippen LogP contribution in [0.2, 0.25) is 0 Å². The van der Waals surface area contributed by atoms with E-state index in [1.807, 2.05) is 49.4 Å². The topological polar surface area (TPSA) is 86.8 Å². The summed E-state index contributed by atoms with van der Waals surface area (Å²) in [4.78, 5) is 4.59. The van der Waals surface area contributed by atoms with Crippen LogP contribution in [0, 0.1) is 6.92 Å². The van der Waals surface area contributed by atoms with Gasteiger partial charge in [-0.15, -0.1) is 0 Å². The van der Waals surface area contributed by atoms with E-state index < -0.39 is 10.0 Å². The average Bonchev–Trinajstić information content (AvgIpc) is 2.94. The third-order valence-electron chi connectivity index (χ3n) is 6.11. The molecule has 0 fully saturated rings. The molecule has 0 spiro atoms. The molecule has 0 unspecified atom stereocenters. The van der Waals surface area contributed by atoms with Gasteiger partial charge in [0.1, 0.15) is 11.5 Å². The molecule has 0 atom stereocenters. The molecular formula is C30H26N2O5S. The fourth-order valence-electron chi connectivity index (χ4n) is 4.17. The second kappa shape index (κ2) is 10.4. The average molecular weight is 527 g/mol. The lowest BCUT2D eigenvalue weighted by atomic mass is 10.1. The number of hydrogen-bond donors (Lipinski definition) is 1. The van der Waals surface area contributed by atoms with Gasteiger partial charge in [-0.25, -0.2) is 8.42 Å². The summed E-state index contributed by atoms with van der Waals surface area (Å²) < 4.78 is 46.0. The molecule has 38 heavy (non-hydrogen) atoms. The minimum absolute atomic E-state index is 0.185. The van der Waals surface area contributed by atoms with Crippen LogP contribution in [-0.4, -0.2) is 27.6 Å². The Morgan fingerprint density at radius 1 is 0.711 bits per heavy atom. The van der Waals surface area contributed by atoms with E-state index in [4.69, 9.17) is 14.2 Å². The predicted octanol–water partition coefficient (Wildman–Crippen LogP) is 6.82. The number of hydrogen-bond acceptors (Lipinski definition) is 6. The van der Waals surface area contributed by atoms with E-state index in [1.165, 1.54) is 0 Å². The van der Waals surface area contributed by atoms with Gasteiger partial charge in [-0.05, 0) is 66.1 Å². The number of aromatic nitrogens is 1. The summed E-state index contributed by atoms with van der Waals surface area (Å²) in [5, 5.41) is 0.757. The van der Waals surface area contributed by atoms with Gasteiger partial charge in [0.2, 0.25) is 0 Å². The summed E-state index contributed by atoms with van der Waals surface area (Å²) in [5.74, 6) is 2.31. The summed E-state index contributed by atoms with van der Waals surface area (Å²) in [6.07, 6.45) is 1.66. The molecule has 1 N–H and O–H groups in total. The maximum Gasteiger partial charge on any atom is 0.261 e. The Labute approximate surface area is 221 Å². The molecule has 5 aromatic rings. The van der Waals surface area contributed by atoms with Crippen LogP contribution in [0.25, 0.3) is 22.0 Å². The second-order valence-corrected chi connectivity index (χ2v) is 10.3. The van der Waals surface area contributed by atoms with Crippen LogP contribution in [0.15, 0.2) is 102 Å². The molecule has 0 aliphatic carbocycles. The van der Waals surface area contributed by atoms with Crippen molar-refractivity contribution >= 4 is 26.6 Å². The van der Waals surface area contributed by atoms with Crippen LogP contribution < -0.4 is 18.9 Å². The van der Waals surface area contributed by atoms with E-state index >= 15 is 0 Å². The molecule has 0 bridgehead atoms. The monoisotopic (exact) mass is 526 g/mol. The molecule has 0 aliphatic heterocycles. The lowest BCUT2D eigenvalue weighted by molar-refractivity contribution is 0.355. The highest BCUT2D eigenvalue weighted by atomic mass is 32.2. The molecule has 1 aromatic heterocycles. The number of benzene rings is 4. The van der Waals surface area contributed by atoms with Gasteiger partial charge in [0.05, 0.1) is 24.6 Å². The molecule has 0 saturated heterocycles. The van der Waals surface area contributed by atoms with Gasteiger partial charge in [0.15, 0.2) is 11.5 Å². The molecule has 4 aromatic carbocycles. The van der Waals surface area contributed by atoms with Crippen molar-refractivity contribution in [3.63, 3.8) is 0 Å². The fourth-order valence-corrected chi connectivity index (χ4v) is 5.26. The largest absolute Gasteiger partial charge is 0.493 e. The Morgan fingerprint density at radius 2 is 1.45 bits per heavy atom. The third-order valence-corrected chi connectivity index (χ3v) is 7.48.